The Labute approximate surface area is 95.2 Å². The van der Waals surface area contributed by atoms with Crippen LogP contribution < -0.4 is 10.6 Å². The molecule has 0 spiro atoms. The summed E-state index contributed by atoms with van der Waals surface area (Å²) in [6.45, 7) is 4.36. The fourth-order valence-electron chi connectivity index (χ4n) is 1.97. The van der Waals surface area contributed by atoms with E-state index in [1.54, 1.807) is 6.20 Å². The van der Waals surface area contributed by atoms with E-state index in [-0.39, 0.29) is 11.9 Å². The van der Waals surface area contributed by atoms with E-state index in [2.05, 4.69) is 15.6 Å². The Hall–Kier alpha value is -1.36. The van der Waals surface area contributed by atoms with E-state index < -0.39 is 0 Å². The van der Waals surface area contributed by atoms with Gasteiger partial charge in [0.15, 0.2) is 0 Å². The number of imidazole rings is 1. The van der Waals surface area contributed by atoms with E-state index in [9.17, 15) is 4.79 Å². The molecule has 0 saturated carbocycles. The van der Waals surface area contributed by atoms with Gasteiger partial charge >= 0.3 is 0 Å². The van der Waals surface area contributed by atoms with Crippen LogP contribution in [0.5, 0.6) is 0 Å². The second-order valence-corrected chi connectivity index (χ2v) is 4.11. The second-order valence-electron chi connectivity index (χ2n) is 4.11. The molecule has 1 amide bonds. The summed E-state index contributed by atoms with van der Waals surface area (Å²) in [5.41, 5.74) is 0. The lowest BCUT2D eigenvalue weighted by atomic mass is 10.2. The lowest BCUT2D eigenvalue weighted by Crippen LogP contribution is -2.41. The van der Waals surface area contributed by atoms with Crippen LogP contribution in [0.4, 0.5) is 0 Å². The van der Waals surface area contributed by atoms with Gasteiger partial charge in [-0.3, -0.25) is 4.79 Å². The quantitative estimate of drug-likeness (QED) is 0.757. The minimum Gasteiger partial charge on any atom is -0.353 e. The number of carbonyl (C=O) groups is 1. The number of aromatic nitrogens is 2. The van der Waals surface area contributed by atoms with Crippen LogP contribution in [0.2, 0.25) is 0 Å². The first kappa shape index (κ1) is 11.1. The summed E-state index contributed by atoms with van der Waals surface area (Å²) in [5.74, 6) is 1.10. The molecule has 16 heavy (non-hydrogen) atoms. The number of carbonyl (C=O) groups excluding carboxylic acids is 1. The lowest BCUT2D eigenvalue weighted by molar-refractivity contribution is -0.122. The molecule has 1 aliphatic heterocycles. The van der Waals surface area contributed by atoms with Gasteiger partial charge in [0.2, 0.25) is 5.91 Å². The molecule has 1 aliphatic rings. The van der Waals surface area contributed by atoms with Crippen molar-refractivity contribution in [1.82, 2.24) is 20.2 Å². The molecule has 0 aromatic carbocycles. The van der Waals surface area contributed by atoms with Gasteiger partial charge in [-0.2, -0.15) is 0 Å². The molecule has 1 atom stereocenters. The van der Waals surface area contributed by atoms with Crippen molar-refractivity contribution in [3.8, 4) is 0 Å². The molecule has 5 nitrogen and oxygen atoms in total. The molecule has 5 heteroatoms. The normalized spacial score (nSPS) is 19.9. The van der Waals surface area contributed by atoms with Crippen molar-refractivity contribution in [3.05, 3.63) is 18.2 Å². The average Bonchev–Trinajstić information content (AvgIpc) is 2.90. The summed E-state index contributed by atoms with van der Waals surface area (Å²) in [6, 6.07) is 0.0175. The van der Waals surface area contributed by atoms with E-state index in [1.165, 1.54) is 0 Å². The second kappa shape index (κ2) is 5.12. The van der Waals surface area contributed by atoms with Crippen molar-refractivity contribution in [3.63, 3.8) is 0 Å². The Balaban J connectivity index is 1.71. The zero-order valence-corrected chi connectivity index (χ0v) is 9.57. The predicted molar refractivity (Wildman–Crippen MR) is 61.0 cm³/mol. The highest BCUT2D eigenvalue weighted by Gasteiger charge is 2.21. The van der Waals surface area contributed by atoms with Crippen molar-refractivity contribution in [2.45, 2.75) is 32.4 Å². The smallest absolute Gasteiger partial charge is 0.237 e. The molecule has 2 N–H and O–H groups in total. The number of amides is 1. The highest BCUT2D eigenvalue weighted by molar-refractivity contribution is 5.81. The van der Waals surface area contributed by atoms with Gasteiger partial charge in [-0.1, -0.05) is 0 Å². The van der Waals surface area contributed by atoms with Crippen LogP contribution in [0.15, 0.2) is 12.4 Å². The van der Waals surface area contributed by atoms with Crippen LogP contribution in [0.3, 0.4) is 0 Å². The largest absolute Gasteiger partial charge is 0.353 e. The molecule has 88 valence electrons. The Morgan fingerprint density at radius 2 is 2.62 bits per heavy atom. The topological polar surface area (TPSA) is 59.0 Å². The maximum absolute atomic E-state index is 11.7. The van der Waals surface area contributed by atoms with Crippen LogP contribution in [0.25, 0.3) is 0 Å². The maximum atomic E-state index is 11.7. The summed E-state index contributed by atoms with van der Waals surface area (Å²) in [4.78, 5) is 15.8. The van der Waals surface area contributed by atoms with Gasteiger partial charge in [-0.25, -0.2) is 4.98 Å². The fraction of sp³-hybridized carbons (Fsp3) is 0.636. The van der Waals surface area contributed by atoms with Crippen molar-refractivity contribution in [1.29, 1.82) is 0 Å². The molecular formula is C11H18N4O. The zero-order chi connectivity index (χ0) is 11.4. The molecule has 1 aromatic rings. The predicted octanol–water partition coefficient (Wildman–Crippen LogP) is 0.0597. The van der Waals surface area contributed by atoms with Gasteiger partial charge in [0.1, 0.15) is 5.82 Å². The maximum Gasteiger partial charge on any atom is 0.237 e. The molecule has 2 heterocycles. The molecule has 0 bridgehead atoms. The molecular weight excluding hydrogens is 204 g/mol. The van der Waals surface area contributed by atoms with Crippen molar-refractivity contribution in [2.75, 3.05) is 13.1 Å². The van der Waals surface area contributed by atoms with E-state index in [4.69, 9.17) is 0 Å². The zero-order valence-electron chi connectivity index (χ0n) is 9.57. The number of hydrogen-bond donors (Lipinski definition) is 2. The molecule has 0 radical (unpaired) electrons. The van der Waals surface area contributed by atoms with Gasteiger partial charge in [-0.15, -0.1) is 0 Å². The highest BCUT2D eigenvalue weighted by Crippen LogP contribution is 2.04. The highest BCUT2D eigenvalue weighted by atomic mass is 16.2. The number of aryl methyl sites for hydroxylation is 1. The fourth-order valence-corrected chi connectivity index (χ4v) is 1.97. The minimum absolute atomic E-state index is 0.0175. The van der Waals surface area contributed by atoms with Crippen LogP contribution >= 0.6 is 0 Å². The molecule has 0 aliphatic carbocycles. The van der Waals surface area contributed by atoms with Gasteiger partial charge in [0.05, 0.1) is 6.04 Å². The lowest BCUT2D eigenvalue weighted by Gasteiger charge is -2.11. The Morgan fingerprint density at radius 1 is 1.75 bits per heavy atom. The number of rotatable bonds is 4. The summed E-state index contributed by atoms with van der Waals surface area (Å²) in [5, 5.41) is 6.12. The van der Waals surface area contributed by atoms with Crippen molar-refractivity contribution < 1.29 is 4.79 Å². The van der Waals surface area contributed by atoms with Crippen LogP contribution in [0, 0.1) is 6.92 Å². The third kappa shape index (κ3) is 2.61. The molecule has 1 saturated heterocycles. The molecule has 1 fully saturated rings. The van der Waals surface area contributed by atoms with Crippen LogP contribution in [-0.2, 0) is 11.3 Å². The Bertz CT molecular complexity index is 355. The number of nitrogens with zero attached hydrogens (tertiary/aromatic N) is 2. The molecule has 1 aromatic heterocycles. The Kier molecular flexibility index (Phi) is 3.56. The third-order valence-corrected chi connectivity index (χ3v) is 2.95. The van der Waals surface area contributed by atoms with Gasteiger partial charge in [0, 0.05) is 25.5 Å². The molecule has 2 rings (SSSR count). The summed E-state index contributed by atoms with van der Waals surface area (Å²) in [7, 11) is 0. The summed E-state index contributed by atoms with van der Waals surface area (Å²) in [6.07, 6.45) is 5.75. The van der Waals surface area contributed by atoms with Crippen LogP contribution in [-0.4, -0.2) is 34.6 Å². The number of hydrogen-bond acceptors (Lipinski definition) is 3. The van der Waals surface area contributed by atoms with Crippen molar-refractivity contribution >= 4 is 5.91 Å². The molecule has 1 unspecified atom stereocenters. The van der Waals surface area contributed by atoms with E-state index in [0.29, 0.717) is 6.54 Å². The third-order valence-electron chi connectivity index (χ3n) is 2.95. The van der Waals surface area contributed by atoms with Crippen LogP contribution in [0.1, 0.15) is 18.7 Å². The summed E-state index contributed by atoms with van der Waals surface area (Å²) < 4.78 is 2.03. The van der Waals surface area contributed by atoms with Crippen molar-refractivity contribution in [2.24, 2.45) is 0 Å². The van der Waals surface area contributed by atoms with E-state index in [0.717, 1.165) is 31.8 Å². The van der Waals surface area contributed by atoms with E-state index >= 15 is 0 Å². The monoisotopic (exact) mass is 222 g/mol. The van der Waals surface area contributed by atoms with E-state index in [1.807, 2.05) is 17.7 Å². The first-order chi connectivity index (χ1) is 7.77. The minimum atomic E-state index is 0.0175. The number of nitrogens with one attached hydrogen (secondary N) is 2. The first-order valence-corrected chi connectivity index (χ1v) is 5.76. The first-order valence-electron chi connectivity index (χ1n) is 5.76. The SMILES string of the molecule is Cc1nccn1CCNC(=O)C1CCCN1. The van der Waals surface area contributed by atoms with Gasteiger partial charge < -0.3 is 15.2 Å². The average molecular weight is 222 g/mol. The summed E-state index contributed by atoms with van der Waals surface area (Å²) >= 11 is 0. The Morgan fingerprint density at radius 3 is 3.25 bits per heavy atom. The van der Waals surface area contributed by atoms with Gasteiger partial charge in [-0.05, 0) is 26.3 Å². The van der Waals surface area contributed by atoms with Gasteiger partial charge in [0.25, 0.3) is 0 Å². The standard InChI is InChI=1S/C11H18N4O/c1-9-12-5-7-15(9)8-6-14-11(16)10-3-2-4-13-10/h5,7,10,13H,2-4,6,8H2,1H3,(H,14,16).